The Morgan fingerprint density at radius 3 is 2.92 bits per heavy atom. The minimum absolute atomic E-state index is 0.222. The fourth-order valence-corrected chi connectivity index (χ4v) is 2.80. The molecule has 1 fully saturated rings. The molecule has 0 aromatic carbocycles. The molecule has 2 unspecified atom stereocenters. The highest BCUT2D eigenvalue weighted by Crippen LogP contribution is 2.36. The molecule has 2 atom stereocenters. The average Bonchev–Trinajstić information content (AvgIpc) is 2.35. The van der Waals surface area contributed by atoms with Gasteiger partial charge < -0.3 is 10.4 Å². The molecule has 0 bridgehead atoms. The molecule has 0 aromatic heterocycles. The molecular formula is C9H19NOS. The van der Waals surface area contributed by atoms with Crippen molar-refractivity contribution in [2.45, 2.75) is 37.5 Å². The first-order valence-corrected chi connectivity index (χ1v) is 5.64. The molecule has 0 saturated carbocycles. The molecule has 0 aliphatic carbocycles. The predicted octanol–water partition coefficient (Wildman–Crippen LogP) is 1.24. The van der Waals surface area contributed by atoms with Gasteiger partial charge in [-0.05, 0) is 32.4 Å². The van der Waals surface area contributed by atoms with Gasteiger partial charge in [-0.15, -0.1) is 0 Å². The van der Waals surface area contributed by atoms with E-state index in [2.05, 4.69) is 24.0 Å². The van der Waals surface area contributed by atoms with Crippen molar-refractivity contribution in [1.29, 1.82) is 0 Å². The molecule has 1 rings (SSSR count). The van der Waals surface area contributed by atoms with Crippen LogP contribution in [0.5, 0.6) is 0 Å². The largest absolute Gasteiger partial charge is 0.392 e. The lowest BCUT2D eigenvalue weighted by molar-refractivity contribution is 0.190. The predicted molar refractivity (Wildman–Crippen MR) is 54.6 cm³/mol. The Morgan fingerprint density at radius 2 is 2.42 bits per heavy atom. The van der Waals surface area contributed by atoms with Crippen molar-refractivity contribution in [1.82, 2.24) is 5.32 Å². The number of rotatable bonds is 4. The summed E-state index contributed by atoms with van der Waals surface area (Å²) in [5.74, 6) is 1.30. The van der Waals surface area contributed by atoms with Crippen molar-refractivity contribution < 1.29 is 5.11 Å². The van der Waals surface area contributed by atoms with E-state index in [1.807, 2.05) is 6.92 Å². The summed E-state index contributed by atoms with van der Waals surface area (Å²) in [7, 11) is 0. The van der Waals surface area contributed by atoms with Gasteiger partial charge >= 0.3 is 0 Å². The van der Waals surface area contributed by atoms with E-state index in [-0.39, 0.29) is 6.10 Å². The lowest BCUT2D eigenvalue weighted by Crippen LogP contribution is -2.36. The maximum Gasteiger partial charge on any atom is 0.0636 e. The van der Waals surface area contributed by atoms with Gasteiger partial charge in [0.1, 0.15) is 0 Å². The first-order chi connectivity index (χ1) is 5.62. The van der Waals surface area contributed by atoms with Crippen LogP contribution in [0.4, 0.5) is 0 Å². The third-order valence-electron chi connectivity index (χ3n) is 2.24. The molecule has 2 nitrogen and oxygen atoms in total. The number of aliphatic hydroxyl groups is 1. The van der Waals surface area contributed by atoms with Gasteiger partial charge in [-0.2, -0.15) is 11.8 Å². The van der Waals surface area contributed by atoms with Crippen LogP contribution in [-0.2, 0) is 0 Å². The molecule has 0 radical (unpaired) electrons. The Morgan fingerprint density at radius 1 is 1.67 bits per heavy atom. The second kappa shape index (κ2) is 4.49. The molecule has 12 heavy (non-hydrogen) atoms. The van der Waals surface area contributed by atoms with Gasteiger partial charge in [0.15, 0.2) is 0 Å². The van der Waals surface area contributed by atoms with E-state index in [0.29, 0.717) is 4.75 Å². The quantitative estimate of drug-likeness (QED) is 0.698. The monoisotopic (exact) mass is 189 g/mol. The van der Waals surface area contributed by atoms with Crippen molar-refractivity contribution in [2.75, 3.05) is 18.8 Å². The topological polar surface area (TPSA) is 32.3 Å². The third kappa shape index (κ3) is 3.33. The number of thioether (sulfide) groups is 1. The molecule has 2 N–H and O–H groups in total. The molecule has 0 amide bonds. The van der Waals surface area contributed by atoms with Crippen LogP contribution in [0.25, 0.3) is 0 Å². The normalized spacial score (nSPS) is 32.2. The van der Waals surface area contributed by atoms with Gasteiger partial charge in [0.05, 0.1) is 6.10 Å². The smallest absolute Gasteiger partial charge is 0.0636 e. The summed E-state index contributed by atoms with van der Waals surface area (Å²) in [6.07, 6.45) is 2.43. The van der Waals surface area contributed by atoms with Crippen LogP contribution >= 0.6 is 11.8 Å². The van der Waals surface area contributed by atoms with E-state index in [1.165, 1.54) is 18.6 Å². The van der Waals surface area contributed by atoms with Crippen LogP contribution in [0.3, 0.4) is 0 Å². The molecule has 1 aliphatic rings. The average molecular weight is 189 g/mol. The maximum absolute atomic E-state index is 9.04. The van der Waals surface area contributed by atoms with E-state index in [0.717, 1.165) is 13.1 Å². The minimum Gasteiger partial charge on any atom is -0.392 e. The van der Waals surface area contributed by atoms with E-state index in [9.17, 15) is 0 Å². The number of hydrogen-bond donors (Lipinski definition) is 2. The van der Waals surface area contributed by atoms with Gasteiger partial charge in [0.2, 0.25) is 0 Å². The molecule has 0 spiro atoms. The summed E-state index contributed by atoms with van der Waals surface area (Å²) in [6.45, 7) is 5.87. The molecule has 1 aliphatic heterocycles. The van der Waals surface area contributed by atoms with E-state index >= 15 is 0 Å². The molecule has 1 saturated heterocycles. The zero-order valence-electron chi connectivity index (χ0n) is 7.97. The summed E-state index contributed by atoms with van der Waals surface area (Å²) in [5.41, 5.74) is 0. The van der Waals surface area contributed by atoms with Crippen molar-refractivity contribution in [3.05, 3.63) is 0 Å². The van der Waals surface area contributed by atoms with Gasteiger partial charge in [0.25, 0.3) is 0 Å². The Kier molecular flexibility index (Phi) is 3.87. The van der Waals surface area contributed by atoms with Crippen LogP contribution in [0, 0.1) is 0 Å². The first-order valence-electron chi connectivity index (χ1n) is 4.65. The van der Waals surface area contributed by atoms with Gasteiger partial charge in [0, 0.05) is 17.8 Å². The summed E-state index contributed by atoms with van der Waals surface area (Å²) < 4.78 is 0.425. The Balaban J connectivity index is 2.13. The zero-order chi connectivity index (χ0) is 9.03. The SMILES string of the molecule is CC(O)CNCC1(C)CCCS1. The van der Waals surface area contributed by atoms with Gasteiger partial charge in [-0.25, -0.2) is 0 Å². The Hall–Kier alpha value is 0.270. The molecule has 72 valence electrons. The van der Waals surface area contributed by atoms with E-state index < -0.39 is 0 Å². The number of aliphatic hydroxyl groups excluding tert-OH is 1. The molecule has 3 heteroatoms. The van der Waals surface area contributed by atoms with Crippen LogP contribution in [0.2, 0.25) is 0 Å². The number of hydrogen-bond acceptors (Lipinski definition) is 3. The standard InChI is InChI=1S/C9H19NOS/c1-8(11)6-10-7-9(2)4-3-5-12-9/h8,10-11H,3-7H2,1-2H3. The third-order valence-corrected chi connectivity index (χ3v) is 3.78. The number of nitrogens with one attached hydrogen (secondary N) is 1. The van der Waals surface area contributed by atoms with Crippen LogP contribution in [0.1, 0.15) is 26.7 Å². The van der Waals surface area contributed by atoms with Crippen molar-refractivity contribution in [3.8, 4) is 0 Å². The maximum atomic E-state index is 9.04. The van der Waals surface area contributed by atoms with E-state index in [1.54, 1.807) is 0 Å². The highest BCUT2D eigenvalue weighted by molar-refractivity contribution is 8.00. The van der Waals surface area contributed by atoms with Crippen LogP contribution < -0.4 is 5.32 Å². The van der Waals surface area contributed by atoms with Gasteiger partial charge in [-0.1, -0.05) is 0 Å². The highest BCUT2D eigenvalue weighted by Gasteiger charge is 2.28. The second-order valence-electron chi connectivity index (χ2n) is 3.88. The highest BCUT2D eigenvalue weighted by atomic mass is 32.2. The Labute approximate surface area is 79.1 Å². The summed E-state index contributed by atoms with van der Waals surface area (Å²) in [5, 5.41) is 12.3. The van der Waals surface area contributed by atoms with Gasteiger partial charge in [-0.3, -0.25) is 0 Å². The lowest BCUT2D eigenvalue weighted by Gasteiger charge is -2.23. The summed E-state index contributed by atoms with van der Waals surface area (Å²) >= 11 is 2.05. The first kappa shape index (κ1) is 10.4. The second-order valence-corrected chi connectivity index (χ2v) is 5.56. The lowest BCUT2D eigenvalue weighted by atomic mass is 10.1. The fraction of sp³-hybridized carbons (Fsp3) is 1.00. The van der Waals surface area contributed by atoms with E-state index in [4.69, 9.17) is 5.11 Å². The molecule has 1 heterocycles. The Bertz CT molecular complexity index is 132. The van der Waals surface area contributed by atoms with Crippen molar-refractivity contribution in [3.63, 3.8) is 0 Å². The molecule has 0 aromatic rings. The van der Waals surface area contributed by atoms with Crippen LogP contribution in [0.15, 0.2) is 0 Å². The van der Waals surface area contributed by atoms with Crippen molar-refractivity contribution in [2.24, 2.45) is 0 Å². The summed E-state index contributed by atoms with van der Waals surface area (Å²) in [6, 6.07) is 0. The van der Waals surface area contributed by atoms with Crippen molar-refractivity contribution >= 4 is 11.8 Å². The molecular weight excluding hydrogens is 170 g/mol. The van der Waals surface area contributed by atoms with Crippen LogP contribution in [-0.4, -0.2) is 34.8 Å². The fourth-order valence-electron chi connectivity index (χ4n) is 1.52. The zero-order valence-corrected chi connectivity index (χ0v) is 8.78. The summed E-state index contributed by atoms with van der Waals surface area (Å²) in [4.78, 5) is 0. The minimum atomic E-state index is -0.222.